The number of hydrogen-bond acceptors (Lipinski definition) is 4. The first-order valence-corrected chi connectivity index (χ1v) is 7.77. The topological polar surface area (TPSA) is 54.5 Å². The van der Waals surface area contributed by atoms with Gasteiger partial charge in [-0.15, -0.1) is 0 Å². The predicted molar refractivity (Wildman–Crippen MR) is 88.3 cm³/mol. The van der Waals surface area contributed by atoms with E-state index in [-0.39, 0.29) is 5.91 Å². The third-order valence-electron chi connectivity index (χ3n) is 2.77. The number of aromatic nitrogens is 1. The van der Waals surface area contributed by atoms with Crippen LogP contribution >= 0.6 is 34.2 Å². The number of pyridine rings is 1. The Morgan fingerprint density at radius 3 is 3.00 bits per heavy atom. The zero-order valence-corrected chi connectivity index (χ0v) is 14.6. The van der Waals surface area contributed by atoms with Crippen molar-refractivity contribution in [2.24, 2.45) is 0 Å². The Morgan fingerprint density at radius 2 is 2.30 bits per heavy atom. The summed E-state index contributed by atoms with van der Waals surface area (Å²) in [6, 6.07) is 1.67. The molecule has 1 aromatic heterocycles. The molecule has 0 unspecified atom stereocenters. The second-order valence-electron chi connectivity index (χ2n) is 4.37. The van der Waals surface area contributed by atoms with Crippen molar-refractivity contribution >= 4 is 40.1 Å². The number of likely N-dealkylation sites (N-methyl/N-ethyl adjacent to an activating group) is 1. The Labute approximate surface area is 138 Å². The van der Waals surface area contributed by atoms with Crippen LogP contribution in [0.3, 0.4) is 0 Å². The van der Waals surface area contributed by atoms with Crippen molar-refractivity contribution in [1.82, 2.24) is 15.2 Å². The Hall–Kier alpha value is -0.440. The molecule has 1 aromatic rings. The lowest BCUT2D eigenvalue weighted by atomic mass is 10.2. The number of amides is 1. The van der Waals surface area contributed by atoms with Gasteiger partial charge >= 0.3 is 0 Å². The number of carbonyl (C=O) groups is 1. The zero-order valence-electron chi connectivity index (χ0n) is 11.7. The summed E-state index contributed by atoms with van der Waals surface area (Å²) < 4.78 is 5.69. The second kappa shape index (κ2) is 9.49. The van der Waals surface area contributed by atoms with Crippen LogP contribution in [0.4, 0.5) is 0 Å². The highest BCUT2D eigenvalue weighted by Gasteiger charge is 2.12. The fourth-order valence-corrected chi connectivity index (χ4v) is 2.32. The van der Waals surface area contributed by atoms with Crippen LogP contribution < -0.4 is 5.32 Å². The molecule has 20 heavy (non-hydrogen) atoms. The molecular weight excluding hydrogens is 393 g/mol. The smallest absolute Gasteiger partial charge is 0.252 e. The quantitative estimate of drug-likeness (QED) is 0.404. The number of carbonyl (C=O) groups excluding carboxylic acids is 1. The average molecular weight is 412 g/mol. The Balaban J connectivity index is 2.32. The lowest BCUT2D eigenvalue weighted by Gasteiger charge is -2.16. The van der Waals surface area contributed by atoms with E-state index in [1.165, 1.54) is 6.20 Å². The molecule has 0 saturated heterocycles. The number of hydrogen-bond donors (Lipinski definition) is 1. The largest absolute Gasteiger partial charge is 0.383 e. The molecule has 0 spiro atoms. The predicted octanol–water partition coefficient (Wildman–Crippen LogP) is 2.04. The molecule has 112 valence electrons. The third kappa shape index (κ3) is 5.90. The Morgan fingerprint density at radius 1 is 1.55 bits per heavy atom. The molecule has 0 aromatic carbocycles. The highest BCUT2D eigenvalue weighted by atomic mass is 127. The molecule has 0 aliphatic carbocycles. The number of nitrogens with zero attached hydrogens (tertiary/aromatic N) is 2. The normalized spacial score (nSPS) is 10.8. The molecule has 1 N–H and O–H groups in total. The van der Waals surface area contributed by atoms with Crippen LogP contribution in [0.25, 0.3) is 0 Å². The molecule has 7 heteroatoms. The molecule has 0 aliphatic heterocycles. The van der Waals surface area contributed by atoms with E-state index < -0.39 is 0 Å². The van der Waals surface area contributed by atoms with Gasteiger partial charge in [-0.25, -0.2) is 4.98 Å². The fraction of sp³-hybridized carbons (Fsp3) is 0.538. The Bertz CT molecular complexity index is 446. The molecule has 0 radical (unpaired) electrons. The molecule has 1 heterocycles. The van der Waals surface area contributed by atoms with Crippen LogP contribution in [0.2, 0.25) is 5.15 Å². The average Bonchev–Trinajstić information content (AvgIpc) is 2.44. The molecule has 0 fully saturated rings. The molecular formula is C13H19ClIN3O2. The van der Waals surface area contributed by atoms with Crippen molar-refractivity contribution in [2.75, 3.05) is 40.4 Å². The first-order chi connectivity index (χ1) is 9.56. The van der Waals surface area contributed by atoms with Gasteiger partial charge in [0, 0.05) is 26.4 Å². The number of rotatable bonds is 8. The fourth-order valence-electron chi connectivity index (χ4n) is 1.60. The van der Waals surface area contributed by atoms with Crippen molar-refractivity contribution in [3.05, 3.63) is 26.5 Å². The molecule has 1 amide bonds. The van der Waals surface area contributed by atoms with Crippen LogP contribution in [0.1, 0.15) is 16.8 Å². The number of halogens is 2. The standard InChI is InChI=1S/C13H19ClIN3O2/c1-18(8-9-20-2)7-3-5-17-13(19)10-4-6-16-12(14)11(10)15/h4,6H,3,5,7-9H2,1-2H3,(H,17,19). The van der Waals surface area contributed by atoms with Crippen molar-refractivity contribution in [3.8, 4) is 0 Å². The first kappa shape index (κ1) is 17.6. The van der Waals surface area contributed by atoms with E-state index >= 15 is 0 Å². The SMILES string of the molecule is COCCN(C)CCCNC(=O)c1ccnc(Cl)c1I. The van der Waals surface area contributed by atoms with E-state index in [4.69, 9.17) is 16.3 Å². The summed E-state index contributed by atoms with van der Waals surface area (Å²) in [5.41, 5.74) is 0.568. The van der Waals surface area contributed by atoms with Crippen LogP contribution in [0.15, 0.2) is 12.3 Å². The van der Waals surface area contributed by atoms with E-state index in [2.05, 4.69) is 15.2 Å². The summed E-state index contributed by atoms with van der Waals surface area (Å²) in [5, 5.41) is 3.25. The summed E-state index contributed by atoms with van der Waals surface area (Å²) in [6.07, 6.45) is 2.43. The van der Waals surface area contributed by atoms with Gasteiger partial charge in [0.2, 0.25) is 0 Å². The number of ether oxygens (including phenoxy) is 1. The minimum atomic E-state index is -0.113. The molecule has 5 nitrogen and oxygen atoms in total. The van der Waals surface area contributed by atoms with Gasteiger partial charge in [0.15, 0.2) is 0 Å². The summed E-state index contributed by atoms with van der Waals surface area (Å²) in [6.45, 7) is 3.16. The van der Waals surface area contributed by atoms with Crippen molar-refractivity contribution in [2.45, 2.75) is 6.42 Å². The molecule has 0 atom stereocenters. The van der Waals surface area contributed by atoms with E-state index in [0.29, 0.717) is 20.8 Å². The van der Waals surface area contributed by atoms with Crippen LogP contribution in [0, 0.1) is 3.57 Å². The molecule has 0 bridgehead atoms. The van der Waals surface area contributed by atoms with E-state index in [1.54, 1.807) is 13.2 Å². The van der Waals surface area contributed by atoms with Crippen LogP contribution in [-0.4, -0.2) is 56.2 Å². The van der Waals surface area contributed by atoms with Crippen molar-refractivity contribution < 1.29 is 9.53 Å². The zero-order chi connectivity index (χ0) is 15.0. The second-order valence-corrected chi connectivity index (χ2v) is 5.81. The molecule has 0 aliphatic rings. The summed E-state index contributed by atoms with van der Waals surface area (Å²) in [4.78, 5) is 18.1. The van der Waals surface area contributed by atoms with Crippen molar-refractivity contribution in [3.63, 3.8) is 0 Å². The first-order valence-electron chi connectivity index (χ1n) is 6.32. The van der Waals surface area contributed by atoms with E-state index in [0.717, 1.165) is 26.1 Å². The maximum Gasteiger partial charge on any atom is 0.252 e. The minimum absolute atomic E-state index is 0.113. The Kier molecular flexibility index (Phi) is 8.35. The maximum absolute atomic E-state index is 12.0. The number of nitrogens with one attached hydrogen (secondary N) is 1. The number of methoxy groups -OCH3 is 1. The van der Waals surface area contributed by atoms with Gasteiger partial charge in [0.25, 0.3) is 5.91 Å². The van der Waals surface area contributed by atoms with Gasteiger partial charge in [-0.2, -0.15) is 0 Å². The summed E-state index contributed by atoms with van der Waals surface area (Å²) in [7, 11) is 3.72. The maximum atomic E-state index is 12.0. The highest BCUT2D eigenvalue weighted by molar-refractivity contribution is 14.1. The molecule has 1 rings (SSSR count). The summed E-state index contributed by atoms with van der Waals surface area (Å²) in [5.74, 6) is -0.113. The van der Waals surface area contributed by atoms with Gasteiger partial charge in [-0.3, -0.25) is 4.79 Å². The van der Waals surface area contributed by atoms with Gasteiger partial charge in [-0.1, -0.05) is 11.6 Å². The van der Waals surface area contributed by atoms with E-state index in [1.807, 2.05) is 29.6 Å². The lowest BCUT2D eigenvalue weighted by molar-refractivity contribution is 0.0950. The van der Waals surface area contributed by atoms with Crippen LogP contribution in [0.5, 0.6) is 0 Å². The monoisotopic (exact) mass is 411 g/mol. The lowest BCUT2D eigenvalue weighted by Crippen LogP contribution is -2.30. The van der Waals surface area contributed by atoms with E-state index in [9.17, 15) is 4.79 Å². The van der Waals surface area contributed by atoms with Gasteiger partial charge in [-0.05, 0) is 48.7 Å². The van der Waals surface area contributed by atoms with Gasteiger partial charge in [0.1, 0.15) is 5.15 Å². The van der Waals surface area contributed by atoms with Gasteiger partial charge in [0.05, 0.1) is 15.7 Å². The van der Waals surface area contributed by atoms with Crippen LogP contribution in [-0.2, 0) is 4.74 Å². The van der Waals surface area contributed by atoms with Gasteiger partial charge < -0.3 is 15.0 Å². The van der Waals surface area contributed by atoms with Crippen molar-refractivity contribution in [1.29, 1.82) is 0 Å². The minimum Gasteiger partial charge on any atom is -0.383 e. The summed E-state index contributed by atoms with van der Waals surface area (Å²) >= 11 is 7.92. The third-order valence-corrected chi connectivity index (χ3v) is 4.47. The highest BCUT2D eigenvalue weighted by Crippen LogP contribution is 2.19. The molecule has 0 saturated carbocycles.